The summed E-state index contributed by atoms with van der Waals surface area (Å²) in [5, 5.41) is 2.60. The summed E-state index contributed by atoms with van der Waals surface area (Å²) in [6, 6.07) is 10.5. The van der Waals surface area contributed by atoms with Gasteiger partial charge in [0.05, 0.1) is 24.3 Å². The lowest BCUT2D eigenvalue weighted by Crippen LogP contribution is -2.35. The number of alkyl halides is 3. The van der Waals surface area contributed by atoms with Gasteiger partial charge in [-0.1, -0.05) is 6.07 Å². The second-order valence-corrected chi connectivity index (χ2v) is 9.19. The number of pyridine rings is 1. The number of rotatable bonds is 5. The van der Waals surface area contributed by atoms with E-state index in [0.717, 1.165) is 50.3 Å². The highest BCUT2D eigenvalue weighted by molar-refractivity contribution is 6.09. The Kier molecular flexibility index (Phi) is 6.72. The van der Waals surface area contributed by atoms with Crippen LogP contribution in [0.5, 0.6) is 0 Å². The Morgan fingerprint density at radius 3 is 2.47 bits per heavy atom. The maximum Gasteiger partial charge on any atom is 0.417 e. The number of hydrogen-bond donors (Lipinski definition) is 2. The van der Waals surface area contributed by atoms with Crippen LogP contribution in [-0.2, 0) is 17.5 Å². The minimum absolute atomic E-state index is 0.0538. The summed E-state index contributed by atoms with van der Waals surface area (Å²) < 4.78 is 46.1. The maximum atomic E-state index is 13.6. The smallest absolute Gasteiger partial charge is 0.379 e. The van der Waals surface area contributed by atoms with Gasteiger partial charge in [-0.15, -0.1) is 0 Å². The van der Waals surface area contributed by atoms with E-state index in [1.54, 1.807) is 0 Å². The summed E-state index contributed by atoms with van der Waals surface area (Å²) in [5.74, 6) is -0.391. The minimum Gasteiger partial charge on any atom is -0.379 e. The van der Waals surface area contributed by atoms with Crippen molar-refractivity contribution in [2.75, 3.05) is 49.6 Å². The van der Waals surface area contributed by atoms with E-state index in [0.29, 0.717) is 31.4 Å². The van der Waals surface area contributed by atoms with Crippen molar-refractivity contribution in [3.8, 4) is 0 Å². The fourth-order valence-corrected chi connectivity index (χ4v) is 4.88. The third-order valence-electron chi connectivity index (χ3n) is 6.67. The number of amides is 1. The number of carbonyl (C=O) groups is 1. The number of nitrogens with one attached hydrogen (secondary N) is 2. The van der Waals surface area contributed by atoms with Crippen LogP contribution in [0.25, 0.3) is 10.9 Å². The van der Waals surface area contributed by atoms with Gasteiger partial charge in [-0.2, -0.15) is 13.2 Å². The predicted molar refractivity (Wildman–Crippen MR) is 132 cm³/mol. The molecule has 1 aromatic heterocycles. The molecule has 7 nitrogen and oxygen atoms in total. The molecule has 0 saturated carbocycles. The monoisotopic (exact) mass is 500 g/mol. The van der Waals surface area contributed by atoms with Crippen LogP contribution in [0.15, 0.2) is 47.3 Å². The first-order chi connectivity index (χ1) is 17.3. The molecule has 1 amide bonds. The highest BCUT2D eigenvalue weighted by Gasteiger charge is 2.33. The molecule has 2 fully saturated rings. The first-order valence-corrected chi connectivity index (χ1v) is 12.0. The number of carbonyl (C=O) groups excluding carboxylic acids is 1. The molecule has 2 aliphatic rings. The van der Waals surface area contributed by atoms with Gasteiger partial charge in [0.2, 0.25) is 5.56 Å². The highest BCUT2D eigenvalue weighted by atomic mass is 19.4. The average Bonchev–Trinajstić information content (AvgIpc) is 3.38. The molecule has 190 valence electrons. The first-order valence-electron chi connectivity index (χ1n) is 12.0. The molecular weight excluding hydrogens is 473 g/mol. The van der Waals surface area contributed by atoms with Gasteiger partial charge in [0, 0.05) is 61.1 Å². The van der Waals surface area contributed by atoms with Gasteiger partial charge in [0.1, 0.15) is 0 Å². The third kappa shape index (κ3) is 5.24. The van der Waals surface area contributed by atoms with Crippen molar-refractivity contribution in [3.63, 3.8) is 0 Å². The van der Waals surface area contributed by atoms with E-state index in [-0.39, 0.29) is 16.6 Å². The van der Waals surface area contributed by atoms with Crippen LogP contribution in [0.3, 0.4) is 0 Å². The number of benzene rings is 2. The zero-order valence-corrected chi connectivity index (χ0v) is 19.7. The van der Waals surface area contributed by atoms with Crippen molar-refractivity contribution < 1.29 is 22.7 Å². The molecule has 2 aromatic carbocycles. The number of fused-ring (bicyclic) bond motifs is 1. The molecule has 0 radical (unpaired) electrons. The molecular formula is C26H27F3N4O3. The minimum atomic E-state index is -4.70. The molecule has 0 unspecified atom stereocenters. The molecule has 0 aliphatic carbocycles. The van der Waals surface area contributed by atoms with Gasteiger partial charge >= 0.3 is 6.18 Å². The standard InChI is InChI=1S/C26H27F3N4O3/c27-26(28,29)21-15-24(34)31-22-5-4-18(14-19(21)22)30-25(35)20-13-17(16-32-9-11-36-12-10-32)3-6-23(20)33-7-1-2-8-33/h3-6,13-15H,1-2,7-12,16H2,(H,30,35)(H,31,34). The van der Waals surface area contributed by atoms with E-state index < -0.39 is 23.2 Å². The molecule has 3 heterocycles. The van der Waals surface area contributed by atoms with Gasteiger partial charge in [-0.05, 0) is 48.7 Å². The van der Waals surface area contributed by atoms with Crippen LogP contribution in [0.2, 0.25) is 0 Å². The molecule has 2 saturated heterocycles. The summed E-state index contributed by atoms with van der Waals surface area (Å²) in [5.41, 5.74) is 0.688. The van der Waals surface area contributed by atoms with Crippen LogP contribution >= 0.6 is 0 Å². The fourth-order valence-electron chi connectivity index (χ4n) is 4.88. The number of aromatic nitrogens is 1. The Hall–Kier alpha value is -3.37. The molecule has 5 rings (SSSR count). The summed E-state index contributed by atoms with van der Waals surface area (Å²) in [6.07, 6.45) is -2.62. The lowest BCUT2D eigenvalue weighted by molar-refractivity contribution is -0.136. The summed E-state index contributed by atoms with van der Waals surface area (Å²) in [4.78, 5) is 32.0. The Bertz CT molecular complexity index is 1330. The molecule has 36 heavy (non-hydrogen) atoms. The second-order valence-electron chi connectivity index (χ2n) is 9.19. The van der Waals surface area contributed by atoms with Crippen molar-refractivity contribution in [1.82, 2.24) is 9.88 Å². The summed E-state index contributed by atoms with van der Waals surface area (Å²) >= 11 is 0. The number of ether oxygens (including phenoxy) is 1. The van der Waals surface area contributed by atoms with Gasteiger partial charge in [-0.25, -0.2) is 0 Å². The third-order valence-corrected chi connectivity index (χ3v) is 6.67. The van der Waals surface area contributed by atoms with E-state index in [4.69, 9.17) is 4.74 Å². The molecule has 0 spiro atoms. The van der Waals surface area contributed by atoms with E-state index in [9.17, 15) is 22.8 Å². The van der Waals surface area contributed by atoms with E-state index >= 15 is 0 Å². The van der Waals surface area contributed by atoms with Gasteiger partial charge in [-0.3, -0.25) is 14.5 Å². The Balaban J connectivity index is 1.47. The number of halogens is 3. The number of hydrogen-bond acceptors (Lipinski definition) is 5. The van der Waals surface area contributed by atoms with Gasteiger partial charge in [0.25, 0.3) is 5.91 Å². The van der Waals surface area contributed by atoms with Gasteiger partial charge in [0.15, 0.2) is 0 Å². The van der Waals surface area contributed by atoms with E-state index in [1.807, 2.05) is 18.2 Å². The molecule has 0 bridgehead atoms. The summed E-state index contributed by atoms with van der Waals surface area (Å²) in [7, 11) is 0. The van der Waals surface area contributed by atoms with Crippen molar-refractivity contribution in [3.05, 3.63) is 69.5 Å². The predicted octanol–water partition coefficient (Wildman–Crippen LogP) is 4.23. The number of anilines is 2. The highest BCUT2D eigenvalue weighted by Crippen LogP contribution is 2.34. The van der Waals surface area contributed by atoms with Crippen LogP contribution in [0.1, 0.15) is 34.3 Å². The van der Waals surface area contributed by atoms with Crippen molar-refractivity contribution in [2.45, 2.75) is 25.6 Å². The fraction of sp³-hybridized carbons (Fsp3) is 0.385. The number of morpholine rings is 1. The molecule has 0 atom stereocenters. The Morgan fingerprint density at radius 1 is 1.00 bits per heavy atom. The summed E-state index contributed by atoms with van der Waals surface area (Å²) in [6.45, 7) is 5.36. The molecule has 3 aromatic rings. The van der Waals surface area contributed by atoms with E-state index in [1.165, 1.54) is 18.2 Å². The zero-order chi connectivity index (χ0) is 25.3. The van der Waals surface area contributed by atoms with Crippen molar-refractivity contribution in [1.29, 1.82) is 0 Å². The van der Waals surface area contributed by atoms with Crippen LogP contribution in [0, 0.1) is 0 Å². The topological polar surface area (TPSA) is 77.7 Å². The van der Waals surface area contributed by atoms with Crippen LogP contribution in [0.4, 0.5) is 24.5 Å². The molecule has 2 aliphatic heterocycles. The second kappa shape index (κ2) is 9.94. The quantitative estimate of drug-likeness (QED) is 0.548. The zero-order valence-electron chi connectivity index (χ0n) is 19.7. The van der Waals surface area contributed by atoms with Gasteiger partial charge < -0.3 is 19.9 Å². The normalized spacial score (nSPS) is 17.0. The lowest BCUT2D eigenvalue weighted by Gasteiger charge is -2.27. The Morgan fingerprint density at radius 2 is 1.75 bits per heavy atom. The molecule has 2 N–H and O–H groups in total. The van der Waals surface area contributed by atoms with Crippen LogP contribution < -0.4 is 15.8 Å². The van der Waals surface area contributed by atoms with E-state index in [2.05, 4.69) is 20.1 Å². The average molecular weight is 501 g/mol. The SMILES string of the molecule is O=C(Nc1ccc2[nH]c(=O)cc(C(F)(F)F)c2c1)c1cc(CN2CCOCC2)ccc1N1CCCC1. The maximum absolute atomic E-state index is 13.6. The Labute approximate surface area is 205 Å². The molecule has 10 heteroatoms. The van der Waals surface area contributed by atoms with Crippen molar-refractivity contribution >= 4 is 28.2 Å². The largest absolute Gasteiger partial charge is 0.417 e. The first kappa shape index (κ1) is 24.3. The van der Waals surface area contributed by atoms with Crippen molar-refractivity contribution in [2.24, 2.45) is 0 Å². The lowest BCUT2D eigenvalue weighted by atomic mass is 10.0. The number of aromatic amines is 1. The number of H-pyrrole nitrogens is 1. The number of nitrogens with zero attached hydrogens (tertiary/aromatic N) is 2. The van der Waals surface area contributed by atoms with Crippen LogP contribution in [-0.4, -0.2) is 55.2 Å².